The second-order valence-electron chi connectivity index (χ2n) is 14.7. The highest BCUT2D eigenvalue weighted by Gasteiger charge is 2.39. The molecule has 6 aromatic carbocycles. The summed E-state index contributed by atoms with van der Waals surface area (Å²) < 4.78 is 71.7. The van der Waals surface area contributed by atoms with E-state index < -0.39 is 59.9 Å². The zero-order valence-corrected chi connectivity index (χ0v) is 36.0. The number of benzene rings is 6. The first-order valence-electron chi connectivity index (χ1n) is 19.2. The molecule has 0 aliphatic heterocycles. The number of carbonyl (C=O) groups is 2. The van der Waals surface area contributed by atoms with Gasteiger partial charge in [0.2, 0.25) is 0 Å². The molecule has 2 N–H and O–H groups in total. The molecule has 0 saturated carbocycles. The average Bonchev–Trinajstić information content (AvgIpc) is 3.25. The lowest BCUT2D eigenvalue weighted by atomic mass is 10.1. The number of esters is 2. The first-order valence-corrected chi connectivity index (χ1v) is 23.9. The predicted octanol–water partition coefficient (Wildman–Crippen LogP) is 9.19. The van der Waals surface area contributed by atoms with Crippen molar-refractivity contribution in [2.75, 3.05) is 5.75 Å². The number of ether oxygens (including phenoxy) is 2. The Labute approximate surface area is 355 Å². The molecule has 0 bridgehead atoms. The van der Waals surface area contributed by atoms with Crippen LogP contribution in [0.5, 0.6) is 0 Å². The van der Waals surface area contributed by atoms with Gasteiger partial charge in [-0.15, -0.1) is 0 Å². The van der Waals surface area contributed by atoms with E-state index >= 15 is 0 Å². The Hall–Kier alpha value is -5.86. The van der Waals surface area contributed by atoms with E-state index in [1.807, 2.05) is 97.9 Å². The molecule has 0 fully saturated rings. The predicted molar refractivity (Wildman–Crippen MR) is 236 cm³/mol. The molecular weight excluding hydrogens is 822 g/mol. The van der Waals surface area contributed by atoms with E-state index in [0.717, 1.165) is 32.7 Å². The molecule has 320 valence electrons. The number of aliphatic hydroxyl groups excluding tert-OH is 2. The SMILES string of the molecule is C=C(CC(O)C(F)(F)F)C(=O)OCc1cccc2ccccc12.C=C(CS(=O)(=O)c1ccccc1)C(=O)OCc1cccc2ccccc12.CC(O)[Si](C)(C)c1ccccc1. The Morgan fingerprint density at radius 3 is 1.51 bits per heavy atom. The quantitative estimate of drug-likeness (QED) is 0.0669. The number of fused-ring (bicyclic) bond motifs is 2. The van der Waals surface area contributed by atoms with Gasteiger partial charge in [0.1, 0.15) is 21.3 Å². The van der Waals surface area contributed by atoms with Gasteiger partial charge in [0.15, 0.2) is 15.9 Å². The molecule has 0 amide bonds. The van der Waals surface area contributed by atoms with E-state index in [1.54, 1.807) is 30.3 Å². The highest BCUT2D eigenvalue weighted by atomic mass is 32.2. The lowest BCUT2D eigenvalue weighted by Gasteiger charge is -2.25. The first kappa shape index (κ1) is 47.8. The Morgan fingerprint density at radius 2 is 1.05 bits per heavy atom. The van der Waals surface area contributed by atoms with Crippen LogP contribution in [0.1, 0.15) is 24.5 Å². The van der Waals surface area contributed by atoms with E-state index in [9.17, 15) is 36.3 Å². The van der Waals surface area contributed by atoms with Crippen molar-refractivity contribution >= 4 is 56.6 Å². The second kappa shape index (κ2) is 21.6. The van der Waals surface area contributed by atoms with Crippen LogP contribution < -0.4 is 5.19 Å². The maximum Gasteiger partial charge on any atom is 0.414 e. The summed E-state index contributed by atoms with van der Waals surface area (Å²) in [6.45, 7) is 13.1. The molecule has 0 spiro atoms. The highest BCUT2D eigenvalue weighted by molar-refractivity contribution is 7.91. The number of sulfone groups is 1. The molecule has 2 unspecified atom stereocenters. The summed E-state index contributed by atoms with van der Waals surface area (Å²) in [6.07, 6.45) is -8.32. The standard InChI is InChI=1S/C21H18O4S.C17H15F3O3.C10H16OSi/c1-16(15-26(23,24)19-11-3-2-4-12-19)21(22)25-14-18-10-7-9-17-8-5-6-13-20(17)18;1-11(9-15(21)17(18,19)20)16(22)23-10-13-7-4-6-12-5-2-3-8-14(12)13;1-9(11)12(2,3)10-7-5-4-6-8-10/h2-13H,1,14-15H2;2-8,15,21H,1,9-10H2;4-9,11H,1-3H3. The zero-order valence-electron chi connectivity index (χ0n) is 34.1. The summed E-state index contributed by atoms with van der Waals surface area (Å²) in [4.78, 5) is 24.0. The van der Waals surface area contributed by atoms with E-state index in [1.165, 1.54) is 17.3 Å². The molecule has 8 nitrogen and oxygen atoms in total. The van der Waals surface area contributed by atoms with Gasteiger partial charge in [-0.3, -0.25) is 0 Å². The van der Waals surface area contributed by atoms with Gasteiger partial charge in [-0.05, 0) is 51.7 Å². The monoisotopic (exact) mass is 870 g/mol. The minimum Gasteiger partial charge on any atom is -0.457 e. The minimum absolute atomic E-state index is 0.0601. The molecule has 13 heteroatoms. The molecular formula is C48H49F3O8SSi. The molecule has 0 aliphatic rings. The van der Waals surface area contributed by atoms with Gasteiger partial charge in [0.05, 0.1) is 10.6 Å². The topological polar surface area (TPSA) is 127 Å². The molecule has 61 heavy (non-hydrogen) atoms. The third kappa shape index (κ3) is 13.8. The van der Waals surface area contributed by atoms with Crippen LogP contribution in [0.25, 0.3) is 21.5 Å². The summed E-state index contributed by atoms with van der Waals surface area (Å²) in [7, 11) is -5.22. The molecule has 6 rings (SSSR count). The van der Waals surface area contributed by atoms with Gasteiger partial charge in [-0.1, -0.05) is 165 Å². The van der Waals surface area contributed by atoms with Crippen LogP contribution in [0.4, 0.5) is 13.2 Å². The third-order valence-corrected chi connectivity index (χ3v) is 15.5. The van der Waals surface area contributed by atoms with Crippen molar-refractivity contribution in [2.24, 2.45) is 0 Å². The summed E-state index contributed by atoms with van der Waals surface area (Å²) >= 11 is 0. The number of aliphatic hydroxyl groups is 2. The first-order chi connectivity index (χ1) is 28.8. The van der Waals surface area contributed by atoms with Crippen molar-refractivity contribution in [3.8, 4) is 0 Å². The highest BCUT2D eigenvalue weighted by Crippen LogP contribution is 2.26. The number of halogens is 3. The van der Waals surface area contributed by atoms with Gasteiger partial charge in [0, 0.05) is 23.3 Å². The van der Waals surface area contributed by atoms with E-state index in [4.69, 9.17) is 14.6 Å². The average molecular weight is 871 g/mol. The zero-order chi connectivity index (χ0) is 44.8. The van der Waals surface area contributed by atoms with Crippen LogP contribution in [-0.2, 0) is 42.1 Å². The van der Waals surface area contributed by atoms with Gasteiger partial charge in [-0.2, -0.15) is 13.2 Å². The smallest absolute Gasteiger partial charge is 0.414 e. The minimum atomic E-state index is -4.79. The molecule has 0 radical (unpaired) electrons. The fourth-order valence-corrected chi connectivity index (χ4v) is 8.72. The largest absolute Gasteiger partial charge is 0.457 e. The summed E-state index contributed by atoms with van der Waals surface area (Å²) in [5.74, 6) is -2.13. The van der Waals surface area contributed by atoms with Crippen molar-refractivity contribution < 1.29 is 50.9 Å². The Bertz CT molecular complexity index is 2530. The second-order valence-corrected chi connectivity index (χ2v) is 21.6. The van der Waals surface area contributed by atoms with Gasteiger partial charge in [0.25, 0.3) is 0 Å². The van der Waals surface area contributed by atoms with E-state index in [0.29, 0.717) is 0 Å². The number of hydrogen-bond donors (Lipinski definition) is 2. The maximum absolute atomic E-state index is 12.3. The van der Waals surface area contributed by atoms with E-state index in [-0.39, 0.29) is 29.4 Å². The van der Waals surface area contributed by atoms with Crippen molar-refractivity contribution in [3.63, 3.8) is 0 Å². The number of alkyl halides is 3. The van der Waals surface area contributed by atoms with Crippen LogP contribution in [0.2, 0.25) is 13.1 Å². The third-order valence-electron chi connectivity index (χ3n) is 9.90. The van der Waals surface area contributed by atoms with Crippen molar-refractivity contribution in [2.45, 2.75) is 62.6 Å². The normalized spacial score (nSPS) is 12.5. The fraction of sp³-hybridized carbons (Fsp3) is 0.208. The van der Waals surface area contributed by atoms with Gasteiger partial charge in [-0.25, -0.2) is 18.0 Å². The number of hydrogen-bond acceptors (Lipinski definition) is 8. The Kier molecular flexibility index (Phi) is 16.9. The Morgan fingerprint density at radius 1 is 0.639 bits per heavy atom. The lowest BCUT2D eigenvalue weighted by molar-refractivity contribution is -0.203. The fourth-order valence-electron chi connectivity index (χ4n) is 5.87. The molecule has 6 aromatic rings. The van der Waals surface area contributed by atoms with Crippen LogP contribution in [-0.4, -0.2) is 62.4 Å². The summed E-state index contributed by atoms with van der Waals surface area (Å²) in [6, 6.07) is 44.7. The molecule has 0 heterocycles. The van der Waals surface area contributed by atoms with Gasteiger partial charge < -0.3 is 19.7 Å². The van der Waals surface area contributed by atoms with Crippen LogP contribution in [0.15, 0.2) is 175 Å². The maximum atomic E-state index is 12.3. The van der Waals surface area contributed by atoms with E-state index in [2.05, 4.69) is 38.4 Å². The molecule has 0 aromatic heterocycles. The molecule has 0 aliphatic carbocycles. The van der Waals surface area contributed by atoms with Crippen molar-refractivity contribution in [1.82, 2.24) is 0 Å². The Balaban J connectivity index is 0.000000215. The van der Waals surface area contributed by atoms with Gasteiger partial charge >= 0.3 is 18.1 Å². The lowest BCUT2D eigenvalue weighted by Crippen LogP contribution is -2.51. The van der Waals surface area contributed by atoms with Crippen LogP contribution in [0.3, 0.4) is 0 Å². The summed E-state index contributed by atoms with van der Waals surface area (Å²) in [5.41, 5.74) is 0.903. The summed E-state index contributed by atoms with van der Waals surface area (Å²) in [5, 5.41) is 23.7. The number of carbonyl (C=O) groups excluding carboxylic acids is 2. The van der Waals surface area contributed by atoms with Crippen molar-refractivity contribution in [1.29, 1.82) is 0 Å². The van der Waals surface area contributed by atoms with Crippen LogP contribution >= 0.6 is 0 Å². The van der Waals surface area contributed by atoms with Crippen LogP contribution in [0, 0.1) is 0 Å². The molecule has 0 saturated heterocycles. The molecule has 2 atom stereocenters. The number of rotatable bonds is 13. The van der Waals surface area contributed by atoms with Crippen molar-refractivity contribution in [3.05, 3.63) is 181 Å².